The van der Waals surface area contributed by atoms with Gasteiger partial charge in [-0.05, 0) is 227 Å². The van der Waals surface area contributed by atoms with Gasteiger partial charge in [-0.2, -0.15) is 15.3 Å². The molecule has 0 aliphatic heterocycles. The molecule has 25 heteroatoms. The summed E-state index contributed by atoms with van der Waals surface area (Å²) in [6.07, 6.45) is 17.3. The fourth-order valence-corrected chi connectivity index (χ4v) is 14.1. The first kappa shape index (κ1) is 103. The van der Waals surface area contributed by atoms with Crippen molar-refractivity contribution in [3.05, 3.63) is 398 Å². The van der Waals surface area contributed by atoms with Crippen LogP contribution in [0.2, 0.25) is 0 Å². The Morgan fingerprint density at radius 1 is 0.403 bits per heavy atom. The number of amides is 3. The van der Waals surface area contributed by atoms with E-state index in [1.54, 1.807) is 53.2 Å². The molecule has 11 aromatic carbocycles. The number of ketones is 2. The Balaban J connectivity index is 0.000000190. The van der Waals surface area contributed by atoms with Crippen LogP contribution < -0.4 is 0 Å². The van der Waals surface area contributed by atoms with Crippen LogP contribution in [0, 0.1) is 144 Å². The van der Waals surface area contributed by atoms with E-state index in [0.717, 1.165) is 142 Å². The summed E-state index contributed by atoms with van der Waals surface area (Å²) in [5.74, 6) is -5.15. The predicted molar refractivity (Wildman–Crippen MR) is 521 cm³/mol. The largest absolute Gasteiger partial charge is 0.297 e. The highest BCUT2D eigenvalue weighted by Crippen LogP contribution is 2.26. The molecule has 0 atom stereocenters. The molecule has 0 bridgehead atoms. The van der Waals surface area contributed by atoms with E-state index < -0.39 is 34.4 Å². The van der Waals surface area contributed by atoms with Gasteiger partial charge in [-0.15, -0.1) is 16.6 Å². The van der Waals surface area contributed by atoms with Crippen molar-refractivity contribution < 1.29 is 50.3 Å². The van der Waals surface area contributed by atoms with Crippen LogP contribution in [0.15, 0.2) is 244 Å². The van der Waals surface area contributed by atoms with E-state index in [4.69, 9.17) is 6.42 Å². The quantitative estimate of drug-likeness (QED) is 0.0109. The molecule has 13 aromatic rings. The number of hydrogen-bond donors (Lipinski definition) is 0. The molecule has 13 rings (SSSR count). The summed E-state index contributed by atoms with van der Waals surface area (Å²) in [5.41, 5.74) is 23.2. The number of Topliss-reactive ketones (excluding diaryl/α,β-unsaturated/α-hetero) is 2. The zero-order valence-electron chi connectivity index (χ0n) is 78.6. The molecule has 2 aromatic heterocycles. The smallest absolute Gasteiger partial charge is 0.248 e. The summed E-state index contributed by atoms with van der Waals surface area (Å²) < 4.78 is 85.9. The molecule has 0 radical (unpaired) electrons. The molecule has 134 heavy (non-hydrogen) atoms. The van der Waals surface area contributed by atoms with E-state index in [2.05, 4.69) is 51.8 Å². The minimum atomic E-state index is -1.76. The summed E-state index contributed by atoms with van der Waals surface area (Å²) in [6.45, 7) is 29.9. The van der Waals surface area contributed by atoms with Crippen LogP contribution in [-0.4, -0.2) is 132 Å². The van der Waals surface area contributed by atoms with Crippen molar-refractivity contribution in [2.24, 2.45) is 25.3 Å². The normalized spacial score (nSPS) is 11.1. The van der Waals surface area contributed by atoms with Crippen LogP contribution in [0.3, 0.4) is 0 Å². The Morgan fingerprint density at radius 2 is 0.813 bits per heavy atom. The number of carbonyl (C=O) groups is 5. The molecule has 0 saturated carbocycles. The van der Waals surface area contributed by atoms with E-state index in [9.17, 15) is 50.3 Å². The van der Waals surface area contributed by atoms with Crippen molar-refractivity contribution in [1.29, 1.82) is 0 Å². The highest BCUT2D eigenvalue weighted by Gasteiger charge is 2.24. The fourth-order valence-electron chi connectivity index (χ4n) is 14.1. The molecule has 3 amide bonds. The van der Waals surface area contributed by atoms with E-state index in [-0.39, 0.29) is 86.4 Å². The number of hydrazone groups is 3. The maximum atomic E-state index is 14.4. The minimum Gasteiger partial charge on any atom is -0.297 e. The molecule has 0 aliphatic rings. The third kappa shape index (κ3) is 30.5. The fraction of sp³-hybridized carbons (Fsp3) is 0.248. The lowest BCUT2D eigenvalue weighted by atomic mass is 9.98. The second-order valence-electron chi connectivity index (χ2n) is 32.7. The van der Waals surface area contributed by atoms with Crippen molar-refractivity contribution in [2.45, 2.75) is 156 Å². The molecule has 0 fully saturated rings. The first-order valence-corrected chi connectivity index (χ1v) is 43.6. The van der Waals surface area contributed by atoms with Crippen LogP contribution in [-0.2, 0) is 75.7 Å². The lowest BCUT2D eigenvalue weighted by Gasteiger charge is -2.17. The van der Waals surface area contributed by atoms with E-state index >= 15 is 0 Å². The van der Waals surface area contributed by atoms with Gasteiger partial charge < -0.3 is 0 Å². The van der Waals surface area contributed by atoms with Gasteiger partial charge >= 0.3 is 0 Å². The maximum absolute atomic E-state index is 14.4. The Labute approximate surface area is 780 Å². The molecule has 0 saturated heterocycles. The van der Waals surface area contributed by atoms with Gasteiger partial charge in [-0.3, -0.25) is 38.6 Å². The average Bonchev–Trinajstić information content (AvgIpc) is 1.06. The van der Waals surface area contributed by atoms with Gasteiger partial charge in [-0.1, -0.05) is 216 Å². The van der Waals surface area contributed by atoms with Crippen LogP contribution in [0.1, 0.15) is 152 Å². The Bertz CT molecular complexity index is 6360. The van der Waals surface area contributed by atoms with E-state index in [0.29, 0.717) is 36.2 Å². The number of likely N-dealkylation sites (N-methyl/N-ethyl adjacent to an activating group) is 1. The molecule has 0 unspecified atom stereocenters. The summed E-state index contributed by atoms with van der Waals surface area (Å²) in [7, 11) is 1.70. The van der Waals surface area contributed by atoms with Crippen LogP contribution >= 0.6 is 0 Å². The maximum Gasteiger partial charge on any atom is 0.248 e. The van der Waals surface area contributed by atoms with Crippen LogP contribution in [0.4, 0.5) is 26.3 Å². The molecule has 0 N–H and O–H groups in total. The second kappa shape index (κ2) is 50.4. The Kier molecular flexibility index (Phi) is 38.6. The lowest BCUT2D eigenvalue weighted by Crippen LogP contribution is -2.28. The van der Waals surface area contributed by atoms with Gasteiger partial charge in [0.1, 0.15) is 35.4 Å². The lowest BCUT2D eigenvalue weighted by molar-refractivity contribution is -0.131. The second-order valence-corrected chi connectivity index (χ2v) is 32.7. The zero-order valence-corrected chi connectivity index (χ0v) is 78.6. The molecular formula is C109H112F6N14O5. The van der Waals surface area contributed by atoms with Crippen LogP contribution in [0.25, 0.3) is 11.3 Å². The zero-order chi connectivity index (χ0) is 97.2. The van der Waals surface area contributed by atoms with E-state index in [1.165, 1.54) is 45.2 Å². The number of aromatic nitrogens is 6. The summed E-state index contributed by atoms with van der Waals surface area (Å²) in [4.78, 5) is 70.5. The number of aliphatic imine (C=N–C) groups is 2. The first-order chi connectivity index (χ1) is 64.1. The highest BCUT2D eigenvalue weighted by atomic mass is 19.2. The summed E-state index contributed by atoms with van der Waals surface area (Å²) >= 11 is 0. The standard InChI is InChI=1S/C28H28FN5O.C22H24N4O.C21H21FN2O.C19H17F4NO.C19H22N2O/c1-20-12-13-24(27(29)14-20)16-30-34(28(35)15-26-21(2)8-7-9-22(26)3)19-25-18-33(32-31-25)17-23-10-5-4-6-11-23;1-4-26-15-22(24-25-26)19-10-8-18(9-11-19)13-23-14-20(27)12-21-16(2)6-5-7-17(21)3;1-5-11-24(23-14-18-10-9-15(2)12-20(18)22)21(25)13-19-16(3)7-6-8-17(19)4;1-10-5-4-6-11(2)14(10)7-13(25)8-24-9-15-16(20)12(3)17(21)19(23)18(15)22;1-14-8-10-17(11-9-14)13-20-21(4)19(22)12-18-15(2)6-5-7-16(18)3/h4-14,16,18H,15,17,19H2,1-3H3;5-11,13,15H,4,12,14H2,1-3H3;1,6-10,12,14H,11,13H2,2-4H3;4-6,9H,7-8H2,1-3H3;5-11,13H,12H2,1-4H3/b30-16+;;23-14+;;20-13+. The Morgan fingerprint density at radius 3 is 1.26 bits per heavy atom. The van der Waals surface area contributed by atoms with Crippen molar-refractivity contribution in [1.82, 2.24) is 45.0 Å². The first-order valence-electron chi connectivity index (χ1n) is 43.6. The monoisotopic (exact) mass is 1810 g/mol. The summed E-state index contributed by atoms with van der Waals surface area (Å²) in [6, 6.07) is 65.3. The van der Waals surface area contributed by atoms with Gasteiger partial charge in [0.2, 0.25) is 17.7 Å². The molecule has 0 aliphatic carbocycles. The number of benzene rings is 11. The number of terminal acetylenes is 1. The predicted octanol–water partition coefficient (Wildman–Crippen LogP) is 20.6. The number of nitrogens with zero attached hydrogens (tertiary/aromatic N) is 14. The van der Waals surface area contributed by atoms with E-state index in [1.807, 2.05) is 279 Å². The van der Waals surface area contributed by atoms with Crippen molar-refractivity contribution >= 4 is 60.4 Å². The molecule has 690 valence electrons. The van der Waals surface area contributed by atoms with Crippen molar-refractivity contribution in [3.63, 3.8) is 0 Å². The molecular weight excluding hydrogens is 1700 g/mol. The van der Waals surface area contributed by atoms with Gasteiger partial charge in [0, 0.05) is 61.1 Å². The SMILES string of the molecule is C#CCN(/N=C/c1ccc(C)cc1F)C(=O)Cc1c(C)cccc1C.CCn1cc(-c2ccc(C=NCC(=O)Cc3c(C)cccc3C)cc2)nn1.Cc1ccc(/C=N/N(C)C(=O)Cc2c(C)cccc2C)cc1.Cc1ccc(/C=N/N(Cc2cn(Cc3ccccc3)nn2)C(=O)Cc2c(C)cccc2C)c(F)c1.Cc1cccc(C)c1CC(=O)CN=Cc1c(F)c(C)c(F)c(F)c1F. The highest BCUT2D eigenvalue weighted by molar-refractivity contribution is 5.90. The molecule has 0 spiro atoms. The average molecular weight is 1810 g/mol. The molecule has 19 nitrogen and oxygen atoms in total. The van der Waals surface area contributed by atoms with Crippen LogP contribution in [0.5, 0.6) is 0 Å². The minimum absolute atomic E-state index is 0.0132. The molecule has 2 heterocycles. The number of aryl methyl sites for hydroxylation is 14. The van der Waals surface area contributed by atoms with Crippen molar-refractivity contribution in [2.75, 3.05) is 26.7 Å². The summed E-state index contributed by atoms with van der Waals surface area (Å²) in [5, 5.41) is 33.3. The number of hydrogen-bond acceptors (Lipinski definition) is 14. The number of rotatable bonds is 29. The van der Waals surface area contributed by atoms with Gasteiger partial charge in [0.25, 0.3) is 0 Å². The van der Waals surface area contributed by atoms with Gasteiger partial charge in [0.15, 0.2) is 29.0 Å². The third-order valence-electron chi connectivity index (χ3n) is 22.2. The Hall–Kier alpha value is -15.1. The number of halogens is 6. The van der Waals surface area contributed by atoms with Gasteiger partial charge in [0.05, 0.1) is 82.0 Å². The topological polar surface area (TPSA) is 218 Å². The van der Waals surface area contributed by atoms with Crippen molar-refractivity contribution in [3.8, 4) is 23.6 Å². The van der Waals surface area contributed by atoms with Gasteiger partial charge in [-0.25, -0.2) is 46.1 Å². The number of carbonyl (C=O) groups excluding carboxylic acids is 5. The third-order valence-corrected chi connectivity index (χ3v) is 22.2.